The highest BCUT2D eigenvalue weighted by molar-refractivity contribution is 7.86. The van der Waals surface area contributed by atoms with E-state index in [1.807, 2.05) is 0 Å². The monoisotopic (exact) mass is 239 g/mol. The molecule has 1 atom stereocenters. The van der Waals surface area contributed by atoms with Gasteiger partial charge in [0.15, 0.2) is 0 Å². The van der Waals surface area contributed by atoms with Crippen LogP contribution in [0.4, 0.5) is 12.6 Å². The summed E-state index contributed by atoms with van der Waals surface area (Å²) in [6.07, 6.45) is 0.202. The molecule has 0 amide bonds. The Morgan fingerprint density at radius 1 is 1.38 bits per heavy atom. The van der Waals surface area contributed by atoms with Crippen molar-refractivity contribution in [2.24, 2.45) is 0 Å². The van der Waals surface area contributed by atoms with Crippen LogP contribution in [-0.2, 0) is 14.3 Å². The first kappa shape index (κ1) is 13.1. The smallest absolute Gasteiger partial charge is 0.217 e. The van der Waals surface area contributed by atoms with Gasteiger partial charge in [-0.3, -0.25) is 0 Å². The highest BCUT2D eigenvalue weighted by atomic mass is 32.2. The molecule has 0 spiro atoms. The zero-order valence-electron chi connectivity index (χ0n) is 7.42. The fourth-order valence-corrected chi connectivity index (χ4v) is 2.48. The quantitative estimate of drug-likeness (QED) is 0.559. The maximum absolute atomic E-state index is 12.4. The van der Waals surface area contributed by atoms with Crippen molar-refractivity contribution < 1.29 is 25.2 Å². The first-order valence-electron chi connectivity index (χ1n) is 3.40. The van der Waals surface area contributed by atoms with E-state index in [4.69, 9.17) is 0 Å². The summed E-state index contributed by atoms with van der Waals surface area (Å²) in [5, 5.41) is -2.51. The third-order valence-electron chi connectivity index (χ3n) is 1.52. The first-order chi connectivity index (χ1) is 5.52. The standard InChI is InChI=1S/C5H11F3O3PS/c1-4-5(2,12(6,7)8)11-13(3,9)10/h4H2,1-3H3/q+1. The summed E-state index contributed by atoms with van der Waals surface area (Å²) in [7, 11) is -9.90. The Labute approximate surface area is 76.1 Å². The number of hydrogen-bond acceptors (Lipinski definition) is 3. The molecule has 0 fully saturated rings. The Morgan fingerprint density at radius 2 is 1.77 bits per heavy atom. The zero-order chi connectivity index (χ0) is 10.9. The summed E-state index contributed by atoms with van der Waals surface area (Å²) >= 11 is 0. The first-order valence-corrected chi connectivity index (χ1v) is 6.68. The van der Waals surface area contributed by atoms with E-state index >= 15 is 0 Å². The summed E-state index contributed by atoms with van der Waals surface area (Å²) in [6.45, 7) is 1.99. The number of hydrogen-bond donors (Lipinski definition) is 0. The third-order valence-corrected chi connectivity index (χ3v) is 3.80. The molecule has 0 N–H and O–H groups in total. The fraction of sp³-hybridized carbons (Fsp3) is 1.00. The highest BCUT2D eigenvalue weighted by Crippen LogP contribution is 2.75. The van der Waals surface area contributed by atoms with Crippen LogP contribution in [0.15, 0.2) is 0 Å². The van der Waals surface area contributed by atoms with Gasteiger partial charge in [0.2, 0.25) is 0 Å². The van der Waals surface area contributed by atoms with Crippen molar-refractivity contribution in [3.63, 3.8) is 0 Å². The van der Waals surface area contributed by atoms with Crippen molar-refractivity contribution in [2.75, 3.05) is 6.26 Å². The lowest BCUT2D eigenvalue weighted by molar-refractivity contribution is 0.156. The Morgan fingerprint density at radius 3 is 1.85 bits per heavy atom. The van der Waals surface area contributed by atoms with Crippen LogP contribution in [0, 0.1) is 0 Å². The molecule has 0 rings (SSSR count). The van der Waals surface area contributed by atoms with Crippen LogP contribution < -0.4 is 0 Å². The molecule has 0 aromatic heterocycles. The summed E-state index contributed by atoms with van der Waals surface area (Å²) < 4.78 is 62.2. The summed E-state index contributed by atoms with van der Waals surface area (Å²) in [6, 6.07) is 0. The van der Waals surface area contributed by atoms with E-state index in [2.05, 4.69) is 4.18 Å². The summed E-state index contributed by atoms with van der Waals surface area (Å²) in [4.78, 5) is 0. The Balaban J connectivity index is 4.88. The molecule has 0 saturated heterocycles. The van der Waals surface area contributed by atoms with Gasteiger partial charge >= 0.3 is 8.19 Å². The average molecular weight is 239 g/mol. The lowest BCUT2D eigenvalue weighted by atomic mass is 10.3. The average Bonchev–Trinajstić information content (AvgIpc) is 1.81. The van der Waals surface area contributed by atoms with Crippen LogP contribution >= 0.6 is 8.19 Å². The molecule has 3 nitrogen and oxygen atoms in total. The molecule has 0 aliphatic carbocycles. The fourth-order valence-electron chi connectivity index (χ4n) is 0.607. The van der Waals surface area contributed by atoms with Crippen LogP contribution in [0.3, 0.4) is 0 Å². The predicted octanol–water partition coefficient (Wildman–Crippen LogP) is 2.76. The van der Waals surface area contributed by atoms with Crippen LogP contribution in [-0.4, -0.2) is 20.0 Å². The minimum Gasteiger partial charge on any atom is -0.217 e. The molecule has 0 heterocycles. The Bertz CT molecular complexity index is 273. The zero-order valence-corrected chi connectivity index (χ0v) is 9.13. The predicted molar refractivity (Wildman–Crippen MR) is 44.9 cm³/mol. The van der Waals surface area contributed by atoms with Crippen molar-refractivity contribution in [3.8, 4) is 0 Å². The Hall–Kier alpha value is 0.130. The lowest BCUT2D eigenvalue weighted by Gasteiger charge is -2.19. The topological polar surface area (TPSA) is 43.4 Å². The molecule has 0 bridgehead atoms. The van der Waals surface area contributed by atoms with E-state index in [0.29, 0.717) is 6.26 Å². The van der Waals surface area contributed by atoms with E-state index in [-0.39, 0.29) is 0 Å². The minimum absolute atomic E-state index is 0.405. The summed E-state index contributed by atoms with van der Waals surface area (Å²) in [5.41, 5.74) is 0. The van der Waals surface area contributed by atoms with E-state index < -0.39 is 30.1 Å². The molecular formula is C5H11F3O3PS+. The van der Waals surface area contributed by atoms with Gasteiger partial charge in [0.05, 0.1) is 6.26 Å². The molecule has 1 unspecified atom stereocenters. The Kier molecular flexibility index (Phi) is 3.75. The molecule has 8 heteroatoms. The van der Waals surface area contributed by atoms with Gasteiger partial charge in [-0.15, -0.1) is 0 Å². The van der Waals surface area contributed by atoms with Crippen LogP contribution in [0.1, 0.15) is 20.3 Å². The maximum Gasteiger partial charge on any atom is 0.601 e. The van der Waals surface area contributed by atoms with Crippen LogP contribution in [0.5, 0.6) is 0 Å². The second kappa shape index (κ2) is 3.71. The minimum atomic E-state index is -5.84. The molecule has 13 heavy (non-hydrogen) atoms. The molecule has 0 aromatic rings. The third kappa shape index (κ3) is 3.79. The lowest BCUT2D eigenvalue weighted by Crippen LogP contribution is -2.29. The van der Waals surface area contributed by atoms with Crippen molar-refractivity contribution in [2.45, 2.75) is 25.6 Å². The molecule has 0 radical (unpaired) electrons. The number of halogens is 3. The van der Waals surface area contributed by atoms with E-state index in [9.17, 15) is 21.0 Å². The van der Waals surface area contributed by atoms with Crippen molar-refractivity contribution in [1.82, 2.24) is 0 Å². The van der Waals surface area contributed by atoms with Gasteiger partial charge in [-0.25, -0.2) is 4.18 Å². The van der Waals surface area contributed by atoms with E-state index in [0.717, 1.165) is 6.92 Å². The van der Waals surface area contributed by atoms with Gasteiger partial charge < -0.3 is 0 Å². The second-order valence-corrected chi connectivity index (χ2v) is 6.17. The molecule has 80 valence electrons. The molecule has 0 aliphatic heterocycles. The van der Waals surface area contributed by atoms with Gasteiger partial charge in [0, 0.05) is 25.9 Å². The van der Waals surface area contributed by atoms with Gasteiger partial charge in [-0.1, -0.05) is 6.92 Å². The molecule has 0 saturated carbocycles. The molecule has 0 aliphatic rings. The second-order valence-electron chi connectivity index (χ2n) is 2.76. The van der Waals surface area contributed by atoms with Gasteiger partial charge in [-0.2, -0.15) is 8.42 Å². The van der Waals surface area contributed by atoms with Crippen molar-refractivity contribution in [3.05, 3.63) is 0 Å². The summed E-state index contributed by atoms with van der Waals surface area (Å²) in [5.74, 6) is 0. The largest absolute Gasteiger partial charge is 0.601 e. The van der Waals surface area contributed by atoms with Gasteiger partial charge in [-0.05, 0) is 0 Å². The highest BCUT2D eigenvalue weighted by Gasteiger charge is 2.66. The SMILES string of the molecule is CCC(C)(OS(C)(=O)=O)[P+](F)(F)F. The van der Waals surface area contributed by atoms with E-state index in [1.54, 1.807) is 0 Å². The van der Waals surface area contributed by atoms with Crippen LogP contribution in [0.2, 0.25) is 0 Å². The van der Waals surface area contributed by atoms with Crippen LogP contribution in [0.25, 0.3) is 0 Å². The van der Waals surface area contributed by atoms with Gasteiger partial charge in [0.1, 0.15) is 0 Å². The maximum atomic E-state index is 12.4. The van der Waals surface area contributed by atoms with Crippen molar-refractivity contribution >= 4 is 18.3 Å². The van der Waals surface area contributed by atoms with E-state index in [1.165, 1.54) is 6.92 Å². The normalized spacial score (nSPS) is 18.3. The molecular weight excluding hydrogens is 228 g/mol. The molecule has 0 aromatic carbocycles. The number of rotatable bonds is 4. The van der Waals surface area contributed by atoms with Gasteiger partial charge in [0.25, 0.3) is 15.5 Å². The van der Waals surface area contributed by atoms with Crippen molar-refractivity contribution in [1.29, 1.82) is 0 Å².